The number of aryl methyl sites for hydroxylation is 1. The van der Waals surface area contributed by atoms with Crippen LogP contribution in [0.3, 0.4) is 0 Å². The fraction of sp³-hybridized carbons (Fsp3) is 0.647. The number of likely N-dealkylation sites (tertiary alicyclic amines) is 1. The van der Waals surface area contributed by atoms with Gasteiger partial charge in [-0.1, -0.05) is 6.07 Å². The van der Waals surface area contributed by atoms with Gasteiger partial charge in [-0.05, 0) is 55.5 Å². The number of methoxy groups -OCH3 is 2. The third-order valence-electron chi connectivity index (χ3n) is 5.05. The summed E-state index contributed by atoms with van der Waals surface area (Å²) < 4.78 is 10.9. The summed E-state index contributed by atoms with van der Waals surface area (Å²) in [6.07, 6.45) is 4.94. The van der Waals surface area contributed by atoms with Crippen LogP contribution in [0.1, 0.15) is 36.4 Å². The van der Waals surface area contributed by atoms with Gasteiger partial charge in [0.1, 0.15) is 5.75 Å². The van der Waals surface area contributed by atoms with E-state index in [1.54, 1.807) is 7.11 Å². The Morgan fingerprint density at radius 1 is 1.24 bits per heavy atom. The zero-order chi connectivity index (χ0) is 14.8. The monoisotopic (exact) mass is 290 g/mol. The topological polar surface area (TPSA) is 47.7 Å². The molecule has 2 aliphatic rings. The van der Waals surface area contributed by atoms with Gasteiger partial charge >= 0.3 is 0 Å². The van der Waals surface area contributed by atoms with Crippen molar-refractivity contribution in [3.05, 3.63) is 29.3 Å². The molecule has 0 aromatic heterocycles. The number of hydrogen-bond donors (Lipinski definition) is 1. The molecule has 2 N–H and O–H groups in total. The van der Waals surface area contributed by atoms with Gasteiger partial charge in [0.05, 0.1) is 13.2 Å². The maximum Gasteiger partial charge on any atom is 0.119 e. The van der Waals surface area contributed by atoms with Gasteiger partial charge in [0.25, 0.3) is 0 Å². The van der Waals surface area contributed by atoms with Crippen molar-refractivity contribution in [1.82, 2.24) is 4.90 Å². The van der Waals surface area contributed by atoms with E-state index in [4.69, 9.17) is 15.2 Å². The minimum atomic E-state index is 0.0928. The van der Waals surface area contributed by atoms with Crippen LogP contribution in [-0.4, -0.2) is 44.4 Å². The smallest absolute Gasteiger partial charge is 0.119 e. The lowest BCUT2D eigenvalue weighted by Gasteiger charge is -2.43. The predicted octanol–water partition coefficient (Wildman–Crippen LogP) is 2.12. The average molecular weight is 290 g/mol. The first kappa shape index (κ1) is 14.8. The zero-order valence-electron chi connectivity index (χ0n) is 13.0. The Labute approximate surface area is 127 Å². The van der Waals surface area contributed by atoms with E-state index < -0.39 is 0 Å². The highest BCUT2D eigenvalue weighted by atomic mass is 16.5. The lowest BCUT2D eigenvalue weighted by atomic mass is 9.83. The summed E-state index contributed by atoms with van der Waals surface area (Å²) in [6, 6.07) is 6.83. The Bertz CT molecular complexity index is 492. The lowest BCUT2D eigenvalue weighted by molar-refractivity contribution is 0.00666. The van der Waals surface area contributed by atoms with Crippen molar-refractivity contribution < 1.29 is 9.47 Å². The second kappa shape index (κ2) is 6.34. The first-order valence-corrected chi connectivity index (χ1v) is 7.92. The molecule has 1 aromatic carbocycles. The first-order valence-electron chi connectivity index (χ1n) is 7.92. The Balaban J connectivity index is 1.77. The molecule has 1 aromatic rings. The molecule has 4 nitrogen and oxygen atoms in total. The molecule has 0 bridgehead atoms. The SMILES string of the molecule is COc1ccc2c(c1)CCC(N1CCCC(OC)C1)C2N. The molecule has 0 radical (unpaired) electrons. The lowest BCUT2D eigenvalue weighted by Crippen LogP contribution is -2.51. The van der Waals surface area contributed by atoms with E-state index in [1.807, 2.05) is 13.2 Å². The fourth-order valence-corrected chi connectivity index (χ4v) is 3.81. The number of fused-ring (bicyclic) bond motifs is 1. The maximum atomic E-state index is 6.58. The molecule has 1 heterocycles. The molecule has 1 fully saturated rings. The Morgan fingerprint density at radius 3 is 2.86 bits per heavy atom. The molecular formula is C17H26N2O2. The van der Waals surface area contributed by atoms with E-state index in [-0.39, 0.29) is 6.04 Å². The van der Waals surface area contributed by atoms with Crippen LogP contribution < -0.4 is 10.5 Å². The van der Waals surface area contributed by atoms with Gasteiger partial charge < -0.3 is 15.2 Å². The molecule has 0 amide bonds. The van der Waals surface area contributed by atoms with Gasteiger partial charge in [0.15, 0.2) is 0 Å². The van der Waals surface area contributed by atoms with Gasteiger partial charge in [-0.3, -0.25) is 4.90 Å². The number of piperidine rings is 1. The summed E-state index contributed by atoms with van der Waals surface area (Å²) in [7, 11) is 3.53. The van der Waals surface area contributed by atoms with Crippen molar-refractivity contribution in [2.75, 3.05) is 27.3 Å². The molecule has 3 rings (SSSR count). The summed E-state index contributed by atoms with van der Waals surface area (Å²) in [5, 5.41) is 0. The van der Waals surface area contributed by atoms with Crippen LogP contribution in [0.2, 0.25) is 0 Å². The average Bonchev–Trinajstić information content (AvgIpc) is 2.55. The zero-order valence-corrected chi connectivity index (χ0v) is 13.0. The largest absolute Gasteiger partial charge is 0.497 e. The van der Waals surface area contributed by atoms with Gasteiger partial charge in [-0.15, -0.1) is 0 Å². The highest BCUT2D eigenvalue weighted by Crippen LogP contribution is 2.34. The molecule has 0 saturated carbocycles. The van der Waals surface area contributed by atoms with Crippen LogP contribution >= 0.6 is 0 Å². The number of hydrogen-bond acceptors (Lipinski definition) is 4. The fourth-order valence-electron chi connectivity index (χ4n) is 3.81. The molecule has 21 heavy (non-hydrogen) atoms. The van der Waals surface area contributed by atoms with Crippen LogP contribution in [0, 0.1) is 0 Å². The summed E-state index contributed by atoms with van der Waals surface area (Å²) in [5.74, 6) is 0.928. The van der Waals surface area contributed by atoms with E-state index in [0.717, 1.165) is 31.7 Å². The van der Waals surface area contributed by atoms with Crippen LogP contribution in [-0.2, 0) is 11.2 Å². The number of nitrogens with two attached hydrogens (primary N) is 1. The molecule has 116 valence electrons. The van der Waals surface area contributed by atoms with E-state index in [9.17, 15) is 0 Å². The summed E-state index contributed by atoms with van der Waals surface area (Å²) in [6.45, 7) is 2.16. The Kier molecular flexibility index (Phi) is 4.48. The quantitative estimate of drug-likeness (QED) is 0.926. The molecule has 1 saturated heterocycles. The molecule has 0 spiro atoms. The summed E-state index contributed by atoms with van der Waals surface area (Å²) in [5.41, 5.74) is 9.21. The van der Waals surface area contributed by atoms with Gasteiger partial charge in [-0.2, -0.15) is 0 Å². The van der Waals surface area contributed by atoms with Crippen LogP contribution in [0.15, 0.2) is 18.2 Å². The standard InChI is InChI=1S/C17H26N2O2/c1-20-13-6-7-15-12(10-13)5-8-16(17(15)18)19-9-3-4-14(11-19)21-2/h6-7,10,14,16-17H,3-5,8-9,11,18H2,1-2H3. The van der Waals surface area contributed by atoms with Crippen LogP contribution in [0.25, 0.3) is 0 Å². The number of nitrogens with zero attached hydrogens (tertiary/aromatic N) is 1. The normalized spacial score (nSPS) is 30.0. The minimum absolute atomic E-state index is 0.0928. The molecule has 1 aliphatic carbocycles. The molecular weight excluding hydrogens is 264 g/mol. The molecule has 4 heteroatoms. The van der Waals surface area contributed by atoms with Gasteiger partial charge in [-0.25, -0.2) is 0 Å². The van der Waals surface area contributed by atoms with Crippen molar-refractivity contribution in [1.29, 1.82) is 0 Å². The highest BCUT2D eigenvalue weighted by Gasteiger charge is 2.33. The van der Waals surface area contributed by atoms with Gasteiger partial charge in [0.2, 0.25) is 0 Å². The molecule has 3 atom stereocenters. The highest BCUT2D eigenvalue weighted by molar-refractivity contribution is 5.40. The summed E-state index contributed by atoms with van der Waals surface area (Å²) >= 11 is 0. The first-order chi connectivity index (χ1) is 10.2. The minimum Gasteiger partial charge on any atom is -0.497 e. The number of rotatable bonds is 3. The van der Waals surface area contributed by atoms with Crippen molar-refractivity contribution >= 4 is 0 Å². The van der Waals surface area contributed by atoms with E-state index in [1.165, 1.54) is 24.0 Å². The molecule has 3 unspecified atom stereocenters. The van der Waals surface area contributed by atoms with E-state index in [0.29, 0.717) is 12.1 Å². The Hall–Kier alpha value is -1.10. The third-order valence-corrected chi connectivity index (χ3v) is 5.05. The third kappa shape index (κ3) is 2.93. The van der Waals surface area contributed by atoms with Gasteiger partial charge in [0, 0.05) is 25.7 Å². The predicted molar refractivity (Wildman–Crippen MR) is 83.6 cm³/mol. The van der Waals surface area contributed by atoms with E-state index >= 15 is 0 Å². The van der Waals surface area contributed by atoms with Crippen LogP contribution in [0.5, 0.6) is 5.75 Å². The number of ether oxygens (including phenoxy) is 2. The van der Waals surface area contributed by atoms with Crippen molar-refractivity contribution in [2.45, 2.75) is 43.9 Å². The van der Waals surface area contributed by atoms with Crippen molar-refractivity contribution in [3.63, 3.8) is 0 Å². The van der Waals surface area contributed by atoms with Crippen LogP contribution in [0.4, 0.5) is 0 Å². The maximum absolute atomic E-state index is 6.58. The second-order valence-corrected chi connectivity index (χ2v) is 6.19. The Morgan fingerprint density at radius 2 is 2.10 bits per heavy atom. The van der Waals surface area contributed by atoms with Crippen molar-refractivity contribution in [2.24, 2.45) is 5.73 Å². The molecule has 1 aliphatic heterocycles. The number of benzene rings is 1. The van der Waals surface area contributed by atoms with Crippen molar-refractivity contribution in [3.8, 4) is 5.75 Å². The summed E-state index contributed by atoms with van der Waals surface area (Å²) in [4.78, 5) is 2.54. The second-order valence-electron chi connectivity index (χ2n) is 6.19. The van der Waals surface area contributed by atoms with E-state index in [2.05, 4.69) is 17.0 Å².